The van der Waals surface area contributed by atoms with Crippen LogP contribution in [-0.4, -0.2) is 28.4 Å². The summed E-state index contributed by atoms with van der Waals surface area (Å²) in [7, 11) is 2.03. The third-order valence-corrected chi connectivity index (χ3v) is 4.80. The van der Waals surface area contributed by atoms with E-state index in [2.05, 4.69) is 46.2 Å². The fraction of sp³-hybridized carbons (Fsp3) is 0.143. The largest absolute Gasteiger partial charge is 0.454 e. The van der Waals surface area contributed by atoms with E-state index >= 15 is 0 Å². The molecule has 0 fully saturated rings. The van der Waals surface area contributed by atoms with Gasteiger partial charge in [0, 0.05) is 24.5 Å². The fourth-order valence-electron chi connectivity index (χ4n) is 3.37. The van der Waals surface area contributed by atoms with Crippen molar-refractivity contribution in [2.45, 2.75) is 6.92 Å². The molecule has 0 bridgehead atoms. The first kappa shape index (κ1) is 15.7. The monoisotopic (exact) mass is 358 g/mol. The van der Waals surface area contributed by atoms with E-state index in [1.54, 1.807) is 0 Å². The normalized spacial score (nSPS) is 12.5. The summed E-state index contributed by atoms with van der Waals surface area (Å²) in [5, 5.41) is 4.60. The zero-order valence-corrected chi connectivity index (χ0v) is 15.1. The smallest absolute Gasteiger partial charge is 0.231 e. The van der Waals surface area contributed by atoms with Crippen LogP contribution in [0.3, 0.4) is 0 Å². The van der Waals surface area contributed by atoms with Gasteiger partial charge < -0.3 is 14.4 Å². The van der Waals surface area contributed by atoms with Gasteiger partial charge in [0.15, 0.2) is 17.1 Å². The molecule has 0 N–H and O–H groups in total. The Morgan fingerprint density at radius 2 is 1.93 bits per heavy atom. The summed E-state index contributed by atoms with van der Waals surface area (Å²) < 4.78 is 12.8. The summed E-state index contributed by atoms with van der Waals surface area (Å²) >= 11 is 0. The Labute approximate surface area is 156 Å². The second kappa shape index (κ2) is 6.02. The minimum Gasteiger partial charge on any atom is -0.454 e. The summed E-state index contributed by atoms with van der Waals surface area (Å²) in [4.78, 5) is 6.68. The van der Waals surface area contributed by atoms with E-state index in [1.807, 2.05) is 48.2 Å². The number of aromatic nitrogens is 3. The third kappa shape index (κ3) is 2.57. The minimum absolute atomic E-state index is 0.261. The van der Waals surface area contributed by atoms with Crippen molar-refractivity contribution in [1.29, 1.82) is 0 Å². The molecule has 2 aromatic carbocycles. The number of ether oxygens (including phenoxy) is 2. The van der Waals surface area contributed by atoms with Crippen molar-refractivity contribution >= 4 is 17.2 Å². The number of fused-ring (bicyclic) bond motifs is 2. The van der Waals surface area contributed by atoms with Crippen molar-refractivity contribution in [2.75, 3.05) is 18.7 Å². The van der Waals surface area contributed by atoms with Gasteiger partial charge in [-0.25, -0.2) is 4.98 Å². The molecule has 6 heteroatoms. The molecule has 27 heavy (non-hydrogen) atoms. The highest BCUT2D eigenvalue weighted by Crippen LogP contribution is 2.37. The van der Waals surface area contributed by atoms with Crippen LogP contribution in [0.5, 0.6) is 11.5 Å². The van der Waals surface area contributed by atoms with Crippen LogP contribution in [-0.2, 0) is 0 Å². The van der Waals surface area contributed by atoms with Gasteiger partial charge in [0.05, 0.1) is 6.20 Å². The van der Waals surface area contributed by atoms with Gasteiger partial charge in [0.25, 0.3) is 0 Å². The lowest BCUT2D eigenvalue weighted by Gasteiger charge is -2.20. The maximum atomic E-state index is 5.50. The second-order valence-electron chi connectivity index (χ2n) is 6.56. The molecule has 0 saturated carbocycles. The number of benzene rings is 2. The highest BCUT2D eigenvalue weighted by molar-refractivity contribution is 5.80. The number of hydrogen-bond acceptors (Lipinski definition) is 5. The van der Waals surface area contributed by atoms with E-state index in [9.17, 15) is 0 Å². The summed E-state index contributed by atoms with van der Waals surface area (Å²) in [6, 6.07) is 16.2. The molecular formula is C21H18N4O2. The molecule has 4 aromatic rings. The molecule has 6 nitrogen and oxygen atoms in total. The van der Waals surface area contributed by atoms with E-state index in [4.69, 9.17) is 9.47 Å². The Hall–Kier alpha value is -3.54. The predicted molar refractivity (Wildman–Crippen MR) is 104 cm³/mol. The first-order valence-corrected chi connectivity index (χ1v) is 8.74. The molecule has 0 saturated heterocycles. The van der Waals surface area contributed by atoms with E-state index in [-0.39, 0.29) is 6.79 Å². The van der Waals surface area contributed by atoms with Crippen molar-refractivity contribution < 1.29 is 9.47 Å². The van der Waals surface area contributed by atoms with Crippen LogP contribution < -0.4 is 14.4 Å². The van der Waals surface area contributed by atoms with E-state index in [1.165, 1.54) is 5.56 Å². The van der Waals surface area contributed by atoms with Crippen LogP contribution in [0.4, 0.5) is 11.5 Å². The first-order chi connectivity index (χ1) is 13.2. The fourth-order valence-corrected chi connectivity index (χ4v) is 3.37. The zero-order chi connectivity index (χ0) is 18.4. The van der Waals surface area contributed by atoms with Crippen molar-refractivity contribution in [3.05, 3.63) is 66.5 Å². The molecule has 0 spiro atoms. The van der Waals surface area contributed by atoms with E-state index in [0.29, 0.717) is 0 Å². The zero-order valence-electron chi connectivity index (χ0n) is 15.1. The average molecular weight is 358 g/mol. The summed E-state index contributed by atoms with van der Waals surface area (Å²) in [5.41, 5.74) is 5.06. The molecule has 2 aromatic heterocycles. The van der Waals surface area contributed by atoms with E-state index < -0.39 is 0 Å². The topological polar surface area (TPSA) is 51.9 Å². The molecule has 1 aliphatic heterocycles. The van der Waals surface area contributed by atoms with Gasteiger partial charge in [-0.2, -0.15) is 9.61 Å². The second-order valence-corrected chi connectivity index (χ2v) is 6.56. The first-order valence-electron chi connectivity index (χ1n) is 8.74. The Morgan fingerprint density at radius 3 is 2.81 bits per heavy atom. The van der Waals surface area contributed by atoms with Crippen molar-refractivity contribution in [2.24, 2.45) is 0 Å². The standard InChI is InChI=1S/C21H18N4O2/c1-14-4-3-5-16(10-14)24(2)20-8-9-22-21-17(12-23-25(20)21)15-6-7-18-19(11-15)27-13-26-18/h3-12H,13H2,1-2H3. The molecule has 0 unspecified atom stereocenters. The number of nitrogens with zero attached hydrogens (tertiary/aromatic N) is 4. The number of aryl methyl sites for hydroxylation is 1. The minimum atomic E-state index is 0.261. The van der Waals surface area contributed by atoms with Crippen LogP contribution >= 0.6 is 0 Å². The highest BCUT2D eigenvalue weighted by atomic mass is 16.7. The summed E-state index contributed by atoms with van der Waals surface area (Å²) in [6.45, 7) is 2.35. The SMILES string of the molecule is Cc1cccc(N(C)c2ccnc3c(-c4ccc5c(c4)OCO5)cnn23)c1. The van der Waals surface area contributed by atoms with E-state index in [0.717, 1.165) is 39.8 Å². The highest BCUT2D eigenvalue weighted by Gasteiger charge is 2.18. The van der Waals surface area contributed by atoms with Gasteiger partial charge >= 0.3 is 0 Å². The van der Waals surface area contributed by atoms with Crippen LogP contribution in [0.15, 0.2) is 60.9 Å². The quantitative estimate of drug-likeness (QED) is 0.549. The van der Waals surface area contributed by atoms with Crippen LogP contribution in [0.2, 0.25) is 0 Å². The average Bonchev–Trinajstić information content (AvgIpc) is 3.33. The summed E-state index contributed by atoms with van der Waals surface area (Å²) in [6.07, 6.45) is 3.66. The van der Waals surface area contributed by atoms with Crippen molar-refractivity contribution in [3.8, 4) is 22.6 Å². The van der Waals surface area contributed by atoms with Gasteiger partial charge in [0.2, 0.25) is 6.79 Å². The molecular weight excluding hydrogens is 340 g/mol. The molecule has 134 valence electrons. The number of hydrogen-bond donors (Lipinski definition) is 0. The maximum absolute atomic E-state index is 5.50. The molecule has 0 amide bonds. The predicted octanol–water partition coefficient (Wildman–Crippen LogP) is 4.20. The Bertz CT molecular complexity index is 1150. The lowest BCUT2D eigenvalue weighted by Crippen LogP contribution is -2.14. The maximum Gasteiger partial charge on any atom is 0.231 e. The van der Waals surface area contributed by atoms with Gasteiger partial charge in [-0.15, -0.1) is 0 Å². The van der Waals surface area contributed by atoms with Gasteiger partial charge in [0.1, 0.15) is 5.82 Å². The Morgan fingerprint density at radius 1 is 1.04 bits per heavy atom. The molecule has 3 heterocycles. The van der Waals surface area contributed by atoms with Crippen molar-refractivity contribution in [3.63, 3.8) is 0 Å². The van der Waals surface area contributed by atoms with Crippen molar-refractivity contribution in [1.82, 2.24) is 14.6 Å². The summed E-state index contributed by atoms with van der Waals surface area (Å²) in [5.74, 6) is 2.46. The Balaban J connectivity index is 1.61. The molecule has 0 aliphatic carbocycles. The number of anilines is 2. The molecule has 5 rings (SSSR count). The number of rotatable bonds is 3. The lowest BCUT2D eigenvalue weighted by molar-refractivity contribution is 0.174. The van der Waals surface area contributed by atoms with Crippen LogP contribution in [0.25, 0.3) is 16.8 Å². The lowest BCUT2D eigenvalue weighted by atomic mass is 10.1. The van der Waals surface area contributed by atoms with Gasteiger partial charge in [-0.1, -0.05) is 18.2 Å². The van der Waals surface area contributed by atoms with Crippen LogP contribution in [0, 0.1) is 6.92 Å². The molecule has 1 aliphatic rings. The van der Waals surface area contributed by atoms with Gasteiger partial charge in [-0.3, -0.25) is 0 Å². The Kier molecular flexibility index (Phi) is 3.50. The molecule has 0 atom stereocenters. The van der Waals surface area contributed by atoms with Gasteiger partial charge in [-0.05, 0) is 48.4 Å². The van der Waals surface area contributed by atoms with Crippen LogP contribution in [0.1, 0.15) is 5.56 Å². The molecule has 0 radical (unpaired) electrons. The third-order valence-electron chi connectivity index (χ3n) is 4.80.